The fraction of sp³-hybridized carbons (Fsp3) is 0.643. The Labute approximate surface area is 109 Å². The Morgan fingerprint density at radius 1 is 1.61 bits per heavy atom. The molecule has 1 aliphatic heterocycles. The second-order valence-corrected chi connectivity index (χ2v) is 4.80. The lowest BCUT2D eigenvalue weighted by atomic mass is 10.1. The quantitative estimate of drug-likeness (QED) is 0.885. The number of pyridine rings is 1. The molecule has 0 amide bonds. The predicted molar refractivity (Wildman–Crippen MR) is 74.0 cm³/mol. The van der Waals surface area contributed by atoms with Gasteiger partial charge in [-0.3, -0.25) is 0 Å². The summed E-state index contributed by atoms with van der Waals surface area (Å²) in [5.74, 6) is 1.07. The lowest BCUT2D eigenvalue weighted by Gasteiger charge is -2.33. The van der Waals surface area contributed by atoms with E-state index in [9.17, 15) is 0 Å². The third-order valence-corrected chi connectivity index (χ3v) is 3.62. The Morgan fingerprint density at radius 2 is 2.44 bits per heavy atom. The molecule has 18 heavy (non-hydrogen) atoms. The van der Waals surface area contributed by atoms with Crippen LogP contribution in [-0.2, 0) is 4.74 Å². The minimum absolute atomic E-state index is 0.339. The van der Waals surface area contributed by atoms with Crippen molar-refractivity contribution >= 4 is 5.82 Å². The first-order valence-corrected chi connectivity index (χ1v) is 6.74. The van der Waals surface area contributed by atoms with E-state index in [1.165, 1.54) is 5.56 Å². The number of ether oxygens (including phenoxy) is 1. The highest BCUT2D eigenvalue weighted by molar-refractivity contribution is 5.42. The van der Waals surface area contributed by atoms with Crippen molar-refractivity contribution in [1.82, 2.24) is 10.3 Å². The van der Waals surface area contributed by atoms with Gasteiger partial charge in [-0.05, 0) is 38.1 Å². The van der Waals surface area contributed by atoms with Crippen LogP contribution in [0.1, 0.15) is 31.9 Å². The first kappa shape index (κ1) is 13.3. The summed E-state index contributed by atoms with van der Waals surface area (Å²) < 4.78 is 5.70. The maximum absolute atomic E-state index is 5.70. The fourth-order valence-corrected chi connectivity index (χ4v) is 2.22. The number of hydrogen-bond acceptors (Lipinski definition) is 4. The van der Waals surface area contributed by atoms with E-state index in [2.05, 4.69) is 41.2 Å². The van der Waals surface area contributed by atoms with E-state index in [1.54, 1.807) is 0 Å². The monoisotopic (exact) mass is 249 g/mol. The lowest BCUT2D eigenvalue weighted by Crippen LogP contribution is -2.42. The van der Waals surface area contributed by atoms with Crippen molar-refractivity contribution in [3.8, 4) is 0 Å². The number of aromatic nitrogens is 1. The minimum atomic E-state index is 0.339. The Balaban J connectivity index is 2.12. The summed E-state index contributed by atoms with van der Waals surface area (Å²) in [5, 5.41) is 3.26. The van der Waals surface area contributed by atoms with Gasteiger partial charge >= 0.3 is 0 Å². The van der Waals surface area contributed by atoms with Crippen molar-refractivity contribution in [3.63, 3.8) is 0 Å². The highest BCUT2D eigenvalue weighted by atomic mass is 16.5. The number of morpholine rings is 1. The Bertz CT molecular complexity index is 383. The molecule has 2 rings (SSSR count). The SMILES string of the molecule is CCC1CN(c2cc(C(C)NC)ccn2)CCO1. The average Bonchev–Trinajstić information content (AvgIpc) is 2.46. The third-order valence-electron chi connectivity index (χ3n) is 3.62. The van der Waals surface area contributed by atoms with Crippen LogP contribution in [-0.4, -0.2) is 37.8 Å². The van der Waals surface area contributed by atoms with Crippen molar-refractivity contribution in [2.24, 2.45) is 0 Å². The van der Waals surface area contributed by atoms with E-state index in [1.807, 2.05) is 13.2 Å². The van der Waals surface area contributed by atoms with Crippen molar-refractivity contribution in [1.29, 1.82) is 0 Å². The van der Waals surface area contributed by atoms with E-state index in [0.29, 0.717) is 12.1 Å². The van der Waals surface area contributed by atoms with Crippen LogP contribution in [0, 0.1) is 0 Å². The minimum Gasteiger partial charge on any atom is -0.375 e. The molecule has 1 fully saturated rings. The smallest absolute Gasteiger partial charge is 0.128 e. The zero-order valence-corrected chi connectivity index (χ0v) is 11.5. The largest absolute Gasteiger partial charge is 0.375 e. The van der Waals surface area contributed by atoms with Gasteiger partial charge in [-0.2, -0.15) is 0 Å². The summed E-state index contributed by atoms with van der Waals surface area (Å²) >= 11 is 0. The van der Waals surface area contributed by atoms with Crippen LogP contribution in [0.15, 0.2) is 18.3 Å². The molecule has 2 unspecified atom stereocenters. The number of nitrogens with zero attached hydrogens (tertiary/aromatic N) is 2. The van der Waals surface area contributed by atoms with E-state index in [4.69, 9.17) is 4.74 Å². The van der Waals surface area contributed by atoms with E-state index in [-0.39, 0.29) is 0 Å². The highest BCUT2D eigenvalue weighted by Gasteiger charge is 2.20. The van der Waals surface area contributed by atoms with Gasteiger partial charge in [0.25, 0.3) is 0 Å². The summed E-state index contributed by atoms with van der Waals surface area (Å²) in [6, 6.07) is 4.61. The second-order valence-electron chi connectivity index (χ2n) is 4.80. The van der Waals surface area contributed by atoms with Crippen molar-refractivity contribution in [2.45, 2.75) is 32.4 Å². The molecule has 1 saturated heterocycles. The van der Waals surface area contributed by atoms with Gasteiger partial charge in [-0.15, -0.1) is 0 Å². The maximum atomic E-state index is 5.70. The van der Waals surface area contributed by atoms with Crippen LogP contribution >= 0.6 is 0 Å². The molecule has 1 aliphatic rings. The Kier molecular flexibility index (Phi) is 4.55. The van der Waals surface area contributed by atoms with Crippen LogP contribution in [0.2, 0.25) is 0 Å². The Morgan fingerprint density at radius 3 is 3.17 bits per heavy atom. The van der Waals surface area contributed by atoms with Gasteiger partial charge in [0.1, 0.15) is 5.82 Å². The van der Waals surface area contributed by atoms with Crippen LogP contribution < -0.4 is 10.2 Å². The molecule has 1 aromatic rings. The summed E-state index contributed by atoms with van der Waals surface area (Å²) in [6.07, 6.45) is 3.30. The zero-order chi connectivity index (χ0) is 13.0. The number of nitrogens with one attached hydrogen (secondary N) is 1. The molecule has 4 heteroatoms. The molecule has 0 radical (unpaired) electrons. The topological polar surface area (TPSA) is 37.4 Å². The lowest BCUT2D eigenvalue weighted by molar-refractivity contribution is 0.0381. The first-order chi connectivity index (χ1) is 8.74. The van der Waals surface area contributed by atoms with E-state index in [0.717, 1.165) is 31.9 Å². The third kappa shape index (κ3) is 3.00. The maximum Gasteiger partial charge on any atom is 0.128 e. The van der Waals surface area contributed by atoms with E-state index < -0.39 is 0 Å². The number of hydrogen-bond donors (Lipinski definition) is 1. The van der Waals surface area contributed by atoms with Crippen LogP contribution in [0.3, 0.4) is 0 Å². The van der Waals surface area contributed by atoms with Crippen molar-refractivity contribution in [2.75, 3.05) is 31.6 Å². The van der Waals surface area contributed by atoms with Gasteiger partial charge in [-0.25, -0.2) is 4.98 Å². The first-order valence-electron chi connectivity index (χ1n) is 6.74. The molecule has 0 aliphatic carbocycles. The van der Waals surface area contributed by atoms with Gasteiger partial charge in [0.2, 0.25) is 0 Å². The molecule has 1 aromatic heterocycles. The van der Waals surface area contributed by atoms with Gasteiger partial charge in [-0.1, -0.05) is 6.92 Å². The van der Waals surface area contributed by atoms with Gasteiger partial charge in [0.05, 0.1) is 12.7 Å². The molecule has 0 aromatic carbocycles. The zero-order valence-electron chi connectivity index (χ0n) is 11.5. The summed E-state index contributed by atoms with van der Waals surface area (Å²) in [6.45, 7) is 7.00. The normalized spacial score (nSPS) is 21.9. The van der Waals surface area contributed by atoms with Crippen LogP contribution in [0.5, 0.6) is 0 Å². The number of anilines is 1. The molecular formula is C14H23N3O. The van der Waals surface area contributed by atoms with Crippen molar-refractivity contribution in [3.05, 3.63) is 23.9 Å². The fourth-order valence-electron chi connectivity index (χ4n) is 2.22. The standard InChI is InChI=1S/C14H23N3O/c1-4-13-10-17(7-8-18-13)14-9-12(5-6-16-14)11(2)15-3/h5-6,9,11,13,15H,4,7-8,10H2,1-3H3. The second kappa shape index (κ2) is 6.16. The van der Waals surface area contributed by atoms with Crippen LogP contribution in [0.25, 0.3) is 0 Å². The molecule has 0 saturated carbocycles. The van der Waals surface area contributed by atoms with Crippen molar-refractivity contribution < 1.29 is 4.74 Å². The average molecular weight is 249 g/mol. The van der Waals surface area contributed by atoms with Gasteiger partial charge in [0, 0.05) is 25.3 Å². The molecule has 0 spiro atoms. The predicted octanol–water partition coefficient (Wildman–Crippen LogP) is 1.98. The molecule has 0 bridgehead atoms. The molecule has 4 nitrogen and oxygen atoms in total. The van der Waals surface area contributed by atoms with Gasteiger partial charge in [0.15, 0.2) is 0 Å². The molecule has 100 valence electrons. The Hall–Kier alpha value is -1.13. The molecule has 2 heterocycles. The molecule has 2 atom stereocenters. The highest BCUT2D eigenvalue weighted by Crippen LogP contribution is 2.20. The summed E-state index contributed by atoms with van der Waals surface area (Å²) in [4.78, 5) is 6.81. The summed E-state index contributed by atoms with van der Waals surface area (Å²) in [7, 11) is 1.98. The molecule has 1 N–H and O–H groups in total. The summed E-state index contributed by atoms with van der Waals surface area (Å²) in [5.41, 5.74) is 1.28. The van der Waals surface area contributed by atoms with Crippen LogP contribution in [0.4, 0.5) is 5.82 Å². The number of rotatable bonds is 4. The van der Waals surface area contributed by atoms with Gasteiger partial charge < -0.3 is 15.0 Å². The van der Waals surface area contributed by atoms with E-state index >= 15 is 0 Å². The molecular weight excluding hydrogens is 226 g/mol.